The Morgan fingerprint density at radius 3 is 2.00 bits per heavy atom. The molecule has 2 aliphatic carbocycles. The first-order chi connectivity index (χ1) is 20.9. The predicted molar refractivity (Wildman–Crippen MR) is 187 cm³/mol. The second-order valence-corrected chi connectivity index (χ2v) is 17.5. The van der Waals surface area contributed by atoms with E-state index in [1.165, 1.54) is 44.9 Å². The predicted octanol–water partition coefficient (Wildman–Crippen LogP) is 8.55. The van der Waals surface area contributed by atoms with E-state index < -0.39 is 11.7 Å². The number of allylic oxidation sites excluding steroid dienone is 3. The van der Waals surface area contributed by atoms with Gasteiger partial charge >= 0.3 is 0 Å². The molecule has 1 heterocycles. The van der Waals surface area contributed by atoms with Crippen LogP contribution < -0.4 is 0 Å². The monoisotopic (exact) mass is 631 g/mol. The first kappa shape index (κ1) is 38.5. The average Bonchev–Trinajstić information content (AvgIpc) is 3.52. The van der Waals surface area contributed by atoms with Gasteiger partial charge in [-0.2, -0.15) is 0 Å². The fraction of sp³-hybridized carbons (Fsp3) is 0.850. The van der Waals surface area contributed by atoms with E-state index in [-0.39, 0.29) is 46.6 Å². The van der Waals surface area contributed by atoms with Crippen molar-refractivity contribution in [2.24, 2.45) is 40.4 Å². The molecule has 5 heteroatoms. The number of epoxide rings is 1. The molecule has 0 radical (unpaired) electrons. The Morgan fingerprint density at radius 2 is 1.36 bits per heavy atom. The van der Waals surface area contributed by atoms with Crippen LogP contribution in [0.5, 0.6) is 0 Å². The first-order valence-electron chi connectivity index (χ1n) is 18.3. The fourth-order valence-electron chi connectivity index (χ4n) is 9.15. The van der Waals surface area contributed by atoms with Crippen molar-refractivity contribution >= 4 is 0 Å². The Bertz CT molecular complexity index is 992. The van der Waals surface area contributed by atoms with Gasteiger partial charge in [-0.15, -0.1) is 0 Å². The van der Waals surface area contributed by atoms with Crippen molar-refractivity contribution in [3.63, 3.8) is 0 Å². The molecule has 0 aromatic heterocycles. The molecule has 5 unspecified atom stereocenters. The summed E-state index contributed by atoms with van der Waals surface area (Å²) < 4.78 is 6.26. The Balaban J connectivity index is 1.29. The summed E-state index contributed by atoms with van der Waals surface area (Å²) in [7, 11) is 0. The number of aliphatic hydroxyl groups excluding tert-OH is 3. The molecule has 2 saturated carbocycles. The third-order valence-corrected chi connectivity index (χ3v) is 11.8. The highest BCUT2D eigenvalue weighted by molar-refractivity contribution is 5.32. The van der Waals surface area contributed by atoms with Crippen LogP contribution in [0.4, 0.5) is 0 Å². The van der Waals surface area contributed by atoms with Gasteiger partial charge in [0.2, 0.25) is 0 Å². The zero-order valence-electron chi connectivity index (χ0n) is 30.4. The fourth-order valence-corrected chi connectivity index (χ4v) is 9.15. The SMILES string of the molecule is CC(C=CC1C(C)(C)C[C@H](O)C[C@@]1(C)O)CCCC(C)CCCCC(C)/C=C/CC(/C=C/[C@@]12O[C@]1(C)C[C@@H](O)CC2(C)C)CO. The maximum atomic E-state index is 11.0. The van der Waals surface area contributed by atoms with Gasteiger partial charge in [0.1, 0.15) is 11.2 Å². The maximum Gasteiger partial charge on any atom is 0.121 e. The third kappa shape index (κ3) is 10.0. The molecule has 0 amide bonds. The number of hydrogen-bond donors (Lipinski definition) is 4. The zero-order chi connectivity index (χ0) is 33.7. The highest BCUT2D eigenvalue weighted by Crippen LogP contribution is 2.66. The van der Waals surface area contributed by atoms with Gasteiger partial charge in [0, 0.05) is 36.7 Å². The lowest BCUT2D eigenvalue weighted by Crippen LogP contribution is -2.50. The van der Waals surface area contributed by atoms with Gasteiger partial charge in [0.05, 0.1) is 17.8 Å². The minimum atomic E-state index is -0.856. The van der Waals surface area contributed by atoms with Gasteiger partial charge < -0.3 is 25.2 Å². The van der Waals surface area contributed by atoms with E-state index in [4.69, 9.17) is 4.74 Å². The van der Waals surface area contributed by atoms with E-state index in [0.29, 0.717) is 24.7 Å². The van der Waals surface area contributed by atoms with Crippen LogP contribution in [0, 0.1) is 40.4 Å². The van der Waals surface area contributed by atoms with Gasteiger partial charge in [-0.3, -0.25) is 0 Å². The van der Waals surface area contributed by atoms with Gasteiger partial charge in [-0.1, -0.05) is 117 Å². The molecule has 0 bridgehead atoms. The van der Waals surface area contributed by atoms with Crippen LogP contribution in [-0.2, 0) is 4.74 Å². The Labute approximate surface area is 276 Å². The maximum absolute atomic E-state index is 11.0. The van der Waals surface area contributed by atoms with E-state index in [0.717, 1.165) is 25.2 Å². The van der Waals surface area contributed by atoms with Crippen LogP contribution in [0.25, 0.3) is 0 Å². The number of hydrogen-bond acceptors (Lipinski definition) is 5. The van der Waals surface area contributed by atoms with E-state index >= 15 is 0 Å². The minimum Gasteiger partial charge on any atom is -0.396 e. The highest BCUT2D eigenvalue weighted by Gasteiger charge is 2.74. The van der Waals surface area contributed by atoms with Gasteiger partial charge in [0.25, 0.3) is 0 Å². The smallest absolute Gasteiger partial charge is 0.121 e. The quantitative estimate of drug-likeness (QED) is 0.0734. The molecule has 260 valence electrons. The van der Waals surface area contributed by atoms with Gasteiger partial charge in [-0.05, 0) is 69.1 Å². The summed E-state index contributed by atoms with van der Waals surface area (Å²) in [6, 6.07) is 0. The minimum absolute atomic E-state index is 0.0689. The normalized spacial score (nSPS) is 37.1. The summed E-state index contributed by atoms with van der Waals surface area (Å²) >= 11 is 0. The lowest BCUT2D eigenvalue weighted by molar-refractivity contribution is -0.111. The lowest BCUT2D eigenvalue weighted by Gasteiger charge is -2.48. The second kappa shape index (κ2) is 15.5. The van der Waals surface area contributed by atoms with E-state index in [1.54, 1.807) is 0 Å². The zero-order valence-corrected chi connectivity index (χ0v) is 30.4. The number of unbranched alkanes of at least 4 members (excludes halogenated alkanes) is 1. The summed E-state index contributed by atoms with van der Waals surface area (Å²) in [5, 5.41) is 41.5. The first-order valence-corrected chi connectivity index (χ1v) is 18.3. The van der Waals surface area contributed by atoms with Crippen molar-refractivity contribution in [2.75, 3.05) is 6.61 Å². The number of aliphatic hydroxyl groups is 4. The lowest BCUT2D eigenvalue weighted by atomic mass is 9.61. The summed E-state index contributed by atoms with van der Waals surface area (Å²) in [5.74, 6) is 1.94. The van der Waals surface area contributed by atoms with Crippen molar-refractivity contribution in [1.82, 2.24) is 0 Å². The molecule has 0 spiro atoms. The van der Waals surface area contributed by atoms with Crippen LogP contribution in [0.15, 0.2) is 36.5 Å². The second-order valence-electron chi connectivity index (χ2n) is 17.5. The van der Waals surface area contributed by atoms with Crippen molar-refractivity contribution in [3.05, 3.63) is 36.5 Å². The molecule has 3 fully saturated rings. The molecule has 5 nitrogen and oxygen atoms in total. The van der Waals surface area contributed by atoms with Crippen LogP contribution in [0.2, 0.25) is 0 Å². The largest absolute Gasteiger partial charge is 0.396 e. The van der Waals surface area contributed by atoms with E-state index in [1.807, 2.05) is 6.92 Å². The van der Waals surface area contributed by atoms with Crippen LogP contribution in [0.1, 0.15) is 139 Å². The third-order valence-electron chi connectivity index (χ3n) is 11.8. The molecule has 1 saturated heterocycles. The van der Waals surface area contributed by atoms with Crippen molar-refractivity contribution in [1.29, 1.82) is 0 Å². The molecule has 3 rings (SSSR count). The molecule has 1 aliphatic heterocycles. The van der Waals surface area contributed by atoms with E-state index in [2.05, 4.69) is 91.8 Å². The molecule has 45 heavy (non-hydrogen) atoms. The number of fused-ring (bicyclic) bond motifs is 1. The topological polar surface area (TPSA) is 93.5 Å². The highest BCUT2D eigenvalue weighted by atomic mass is 16.6. The molecule has 0 aromatic rings. The number of rotatable bonds is 17. The van der Waals surface area contributed by atoms with Crippen LogP contribution in [0.3, 0.4) is 0 Å². The van der Waals surface area contributed by atoms with Gasteiger partial charge in [-0.25, -0.2) is 0 Å². The summed E-state index contributed by atoms with van der Waals surface area (Å²) in [6.07, 6.45) is 24.9. The van der Waals surface area contributed by atoms with Crippen LogP contribution >= 0.6 is 0 Å². The molecular weight excluding hydrogens is 560 g/mol. The molecule has 4 N–H and O–H groups in total. The van der Waals surface area contributed by atoms with Gasteiger partial charge in [0.15, 0.2) is 0 Å². The molecule has 3 aliphatic rings. The summed E-state index contributed by atoms with van der Waals surface area (Å²) in [6.45, 7) is 19.8. The van der Waals surface area contributed by atoms with Crippen molar-refractivity contribution in [2.45, 2.75) is 168 Å². The summed E-state index contributed by atoms with van der Waals surface area (Å²) in [5.41, 5.74) is -1.73. The Kier molecular flexibility index (Phi) is 13.2. The molecule has 10 atom stereocenters. The van der Waals surface area contributed by atoms with Crippen molar-refractivity contribution in [3.8, 4) is 0 Å². The van der Waals surface area contributed by atoms with E-state index in [9.17, 15) is 20.4 Å². The Morgan fingerprint density at radius 1 is 0.756 bits per heavy atom. The summed E-state index contributed by atoms with van der Waals surface area (Å²) in [4.78, 5) is 0. The average molecular weight is 631 g/mol. The van der Waals surface area contributed by atoms with Crippen LogP contribution in [-0.4, -0.2) is 56.0 Å². The molecular formula is C40H70O5. The standard InChI is InChI=1S/C40H70O5/c1-29(16-12-17-31(3)20-21-35-36(4,5)24-33(42)26-38(35,8)44)14-10-11-15-30(2)18-13-19-32(28-41)22-23-40-37(6,7)25-34(43)27-39(40,9)45-40/h13,18,20-23,29-35,41-44H,10-12,14-17,19,24-28H2,1-9H3/b18-13+,21-20?,23-22+/t29?,30?,31?,32?,33-,34-,35?,38+,39+,40-/m0/s1. The Hall–Kier alpha value is -0.980. The number of ether oxygens (including phenoxy) is 1. The van der Waals surface area contributed by atoms with Crippen molar-refractivity contribution < 1.29 is 25.2 Å². The molecule has 0 aromatic carbocycles.